The summed E-state index contributed by atoms with van der Waals surface area (Å²) in [5.74, 6) is 2.70. The van der Waals surface area contributed by atoms with Crippen LogP contribution in [0.25, 0.3) is 0 Å². The summed E-state index contributed by atoms with van der Waals surface area (Å²) >= 11 is 0. The molecule has 0 fully saturated rings. The van der Waals surface area contributed by atoms with Crippen LogP contribution in [-0.4, -0.2) is 29.7 Å². The molecule has 0 unspecified atom stereocenters. The van der Waals surface area contributed by atoms with E-state index in [1.165, 1.54) is 0 Å². The number of aryl methyl sites for hydroxylation is 1. The molecule has 1 heterocycles. The Bertz CT molecular complexity index is 379. The van der Waals surface area contributed by atoms with Crippen molar-refractivity contribution in [3.8, 4) is 0 Å². The summed E-state index contributed by atoms with van der Waals surface area (Å²) in [4.78, 5) is 8.43. The molecule has 0 atom stereocenters. The summed E-state index contributed by atoms with van der Waals surface area (Å²) < 4.78 is 5.53. The van der Waals surface area contributed by atoms with Gasteiger partial charge in [-0.1, -0.05) is 13.8 Å². The van der Waals surface area contributed by atoms with Crippen LogP contribution in [0, 0.1) is 19.8 Å². The van der Waals surface area contributed by atoms with Crippen molar-refractivity contribution < 1.29 is 4.74 Å². The molecule has 0 amide bonds. The quantitative estimate of drug-likeness (QED) is 0.727. The number of ether oxygens (including phenoxy) is 1. The number of aromatic nitrogens is 2. The SMILES string of the molecule is Cc1nc(N)c(C)c(NCCOCCC(C)C)n1. The standard InChI is InChI=1S/C13H24N4O/c1-9(2)5-7-18-8-6-15-13-10(3)12(14)16-11(4)17-13/h9H,5-8H2,1-4H3,(H3,14,15,16,17). The monoisotopic (exact) mass is 252 g/mol. The van der Waals surface area contributed by atoms with Crippen LogP contribution in [0.3, 0.4) is 0 Å². The van der Waals surface area contributed by atoms with Crippen LogP contribution >= 0.6 is 0 Å². The molecule has 0 aromatic carbocycles. The fraction of sp³-hybridized carbons (Fsp3) is 0.692. The second kappa shape index (κ2) is 7.16. The Hall–Kier alpha value is -1.36. The maximum atomic E-state index is 5.78. The van der Waals surface area contributed by atoms with Crippen molar-refractivity contribution in [3.05, 3.63) is 11.4 Å². The summed E-state index contributed by atoms with van der Waals surface area (Å²) in [5, 5.41) is 3.23. The van der Waals surface area contributed by atoms with Crippen molar-refractivity contribution in [2.24, 2.45) is 5.92 Å². The Morgan fingerprint density at radius 3 is 2.61 bits per heavy atom. The van der Waals surface area contributed by atoms with E-state index in [9.17, 15) is 0 Å². The summed E-state index contributed by atoms with van der Waals surface area (Å²) in [6.45, 7) is 10.3. The van der Waals surface area contributed by atoms with Crippen molar-refractivity contribution in [1.29, 1.82) is 0 Å². The molecular weight excluding hydrogens is 228 g/mol. The van der Waals surface area contributed by atoms with Gasteiger partial charge in [0.05, 0.1) is 6.61 Å². The van der Waals surface area contributed by atoms with E-state index >= 15 is 0 Å². The fourth-order valence-electron chi connectivity index (χ4n) is 1.48. The summed E-state index contributed by atoms with van der Waals surface area (Å²) in [6, 6.07) is 0. The Morgan fingerprint density at radius 1 is 1.22 bits per heavy atom. The number of nitrogens with two attached hydrogens (primary N) is 1. The van der Waals surface area contributed by atoms with Gasteiger partial charge in [-0.15, -0.1) is 0 Å². The molecule has 0 aliphatic carbocycles. The van der Waals surface area contributed by atoms with E-state index in [2.05, 4.69) is 29.1 Å². The van der Waals surface area contributed by atoms with E-state index in [0.717, 1.165) is 31.0 Å². The fourth-order valence-corrected chi connectivity index (χ4v) is 1.48. The zero-order valence-electron chi connectivity index (χ0n) is 11.8. The van der Waals surface area contributed by atoms with Gasteiger partial charge >= 0.3 is 0 Å². The molecule has 18 heavy (non-hydrogen) atoms. The first-order valence-corrected chi connectivity index (χ1v) is 6.43. The van der Waals surface area contributed by atoms with Crippen LogP contribution in [0.5, 0.6) is 0 Å². The van der Waals surface area contributed by atoms with Crippen molar-refractivity contribution in [1.82, 2.24) is 9.97 Å². The van der Waals surface area contributed by atoms with Gasteiger partial charge in [-0.05, 0) is 26.2 Å². The minimum atomic E-state index is 0.533. The minimum absolute atomic E-state index is 0.533. The van der Waals surface area contributed by atoms with Gasteiger partial charge in [-0.2, -0.15) is 0 Å². The first-order chi connectivity index (χ1) is 8.50. The highest BCUT2D eigenvalue weighted by Crippen LogP contribution is 2.16. The van der Waals surface area contributed by atoms with E-state index < -0.39 is 0 Å². The van der Waals surface area contributed by atoms with Crippen molar-refractivity contribution >= 4 is 11.6 Å². The van der Waals surface area contributed by atoms with E-state index in [1.54, 1.807) is 0 Å². The van der Waals surface area contributed by atoms with Crippen LogP contribution in [0.15, 0.2) is 0 Å². The van der Waals surface area contributed by atoms with Crippen LogP contribution in [0.1, 0.15) is 31.7 Å². The lowest BCUT2D eigenvalue weighted by atomic mass is 10.1. The molecule has 0 spiro atoms. The van der Waals surface area contributed by atoms with E-state index in [0.29, 0.717) is 24.2 Å². The van der Waals surface area contributed by atoms with Crippen LogP contribution in [-0.2, 0) is 4.74 Å². The van der Waals surface area contributed by atoms with Crippen LogP contribution < -0.4 is 11.1 Å². The highest BCUT2D eigenvalue weighted by Gasteiger charge is 2.05. The number of hydrogen-bond acceptors (Lipinski definition) is 5. The van der Waals surface area contributed by atoms with Gasteiger partial charge in [0.15, 0.2) is 0 Å². The van der Waals surface area contributed by atoms with Crippen LogP contribution in [0.2, 0.25) is 0 Å². The number of hydrogen-bond donors (Lipinski definition) is 2. The average molecular weight is 252 g/mol. The lowest BCUT2D eigenvalue weighted by Crippen LogP contribution is -2.14. The normalized spacial score (nSPS) is 10.9. The lowest BCUT2D eigenvalue weighted by Gasteiger charge is -2.11. The first-order valence-electron chi connectivity index (χ1n) is 6.43. The van der Waals surface area contributed by atoms with Crippen LogP contribution in [0.4, 0.5) is 11.6 Å². The predicted molar refractivity (Wildman–Crippen MR) is 74.7 cm³/mol. The van der Waals surface area contributed by atoms with Crippen molar-refractivity contribution in [2.45, 2.75) is 34.1 Å². The molecule has 3 N–H and O–H groups in total. The number of anilines is 2. The maximum absolute atomic E-state index is 5.78. The molecule has 0 saturated carbocycles. The zero-order valence-corrected chi connectivity index (χ0v) is 11.8. The average Bonchev–Trinajstić information content (AvgIpc) is 2.29. The summed E-state index contributed by atoms with van der Waals surface area (Å²) in [7, 11) is 0. The van der Waals surface area contributed by atoms with Crippen molar-refractivity contribution in [3.63, 3.8) is 0 Å². The lowest BCUT2D eigenvalue weighted by molar-refractivity contribution is 0.132. The molecule has 1 aromatic heterocycles. The van der Waals surface area contributed by atoms with E-state index in [1.807, 2.05) is 13.8 Å². The van der Waals surface area contributed by atoms with Gasteiger partial charge in [0.2, 0.25) is 0 Å². The summed E-state index contributed by atoms with van der Waals surface area (Å²) in [5.41, 5.74) is 6.68. The van der Waals surface area contributed by atoms with Crippen molar-refractivity contribution in [2.75, 3.05) is 30.8 Å². The van der Waals surface area contributed by atoms with Gasteiger partial charge in [0, 0.05) is 18.7 Å². The molecule has 0 saturated heterocycles. The number of nitrogens with one attached hydrogen (secondary N) is 1. The minimum Gasteiger partial charge on any atom is -0.383 e. The second-order valence-corrected chi connectivity index (χ2v) is 4.85. The first kappa shape index (κ1) is 14.7. The highest BCUT2D eigenvalue weighted by atomic mass is 16.5. The Balaban J connectivity index is 2.31. The van der Waals surface area contributed by atoms with Gasteiger partial charge < -0.3 is 15.8 Å². The van der Waals surface area contributed by atoms with Gasteiger partial charge in [-0.25, -0.2) is 9.97 Å². The Kier molecular flexibility index (Phi) is 5.85. The smallest absolute Gasteiger partial charge is 0.134 e. The Morgan fingerprint density at radius 2 is 1.94 bits per heavy atom. The third-order valence-corrected chi connectivity index (χ3v) is 2.67. The molecule has 1 rings (SSSR count). The predicted octanol–water partition coefficient (Wildman–Crippen LogP) is 2.15. The third-order valence-electron chi connectivity index (χ3n) is 2.67. The highest BCUT2D eigenvalue weighted by molar-refractivity contribution is 5.54. The molecule has 102 valence electrons. The van der Waals surface area contributed by atoms with Gasteiger partial charge in [-0.3, -0.25) is 0 Å². The zero-order chi connectivity index (χ0) is 13.5. The van der Waals surface area contributed by atoms with E-state index in [-0.39, 0.29) is 0 Å². The molecule has 0 aliphatic heterocycles. The Labute approximate surface area is 109 Å². The molecule has 0 bridgehead atoms. The molecule has 5 nitrogen and oxygen atoms in total. The topological polar surface area (TPSA) is 73.1 Å². The molecule has 0 aliphatic rings. The molecule has 5 heteroatoms. The number of nitrogens with zero attached hydrogens (tertiary/aromatic N) is 2. The molecular formula is C13H24N4O. The summed E-state index contributed by atoms with van der Waals surface area (Å²) in [6.07, 6.45) is 1.10. The van der Waals surface area contributed by atoms with Gasteiger partial charge in [0.25, 0.3) is 0 Å². The number of nitrogen functional groups attached to an aromatic ring is 1. The maximum Gasteiger partial charge on any atom is 0.134 e. The van der Waals surface area contributed by atoms with E-state index in [4.69, 9.17) is 10.5 Å². The second-order valence-electron chi connectivity index (χ2n) is 4.85. The number of rotatable bonds is 7. The van der Waals surface area contributed by atoms with Gasteiger partial charge in [0.1, 0.15) is 17.5 Å². The third kappa shape index (κ3) is 4.87. The molecule has 0 radical (unpaired) electrons. The molecule has 1 aromatic rings. The largest absolute Gasteiger partial charge is 0.383 e.